The molecule has 2 aromatic rings. The molecule has 0 atom stereocenters. The fraction of sp³-hybridized carbons (Fsp3) is 0.526. The van der Waals surface area contributed by atoms with Crippen molar-refractivity contribution in [3.63, 3.8) is 0 Å². The predicted octanol–water partition coefficient (Wildman–Crippen LogP) is 2.28. The lowest BCUT2D eigenvalue weighted by Crippen LogP contribution is -2.47. The van der Waals surface area contributed by atoms with E-state index in [4.69, 9.17) is 4.74 Å². The summed E-state index contributed by atoms with van der Waals surface area (Å²) in [5.41, 5.74) is 1.14. The van der Waals surface area contributed by atoms with E-state index in [0.29, 0.717) is 50.0 Å². The molecule has 0 spiro atoms. The molecule has 0 unspecified atom stereocenters. The molecule has 0 aliphatic carbocycles. The van der Waals surface area contributed by atoms with E-state index in [1.54, 1.807) is 16.4 Å². The Kier molecular flexibility index (Phi) is 5.15. The van der Waals surface area contributed by atoms with E-state index >= 15 is 0 Å². The molecule has 1 aliphatic rings. The summed E-state index contributed by atoms with van der Waals surface area (Å²) >= 11 is 0. The van der Waals surface area contributed by atoms with E-state index in [1.807, 2.05) is 32.0 Å². The fourth-order valence-corrected chi connectivity index (χ4v) is 3.66. The quantitative estimate of drug-likeness (QED) is 0.843. The minimum Gasteiger partial charge on any atom is -0.450 e. The molecule has 1 aromatic heterocycles. The van der Waals surface area contributed by atoms with Gasteiger partial charge in [-0.2, -0.15) is 0 Å². The van der Waals surface area contributed by atoms with Crippen molar-refractivity contribution in [2.24, 2.45) is 0 Å². The number of hydrogen-bond acceptors (Lipinski definition) is 4. The number of hydrogen-bond donors (Lipinski definition) is 0. The van der Waals surface area contributed by atoms with Crippen LogP contribution in [0.25, 0.3) is 10.9 Å². The van der Waals surface area contributed by atoms with E-state index in [0.717, 1.165) is 5.56 Å². The van der Waals surface area contributed by atoms with Crippen molar-refractivity contribution >= 4 is 17.0 Å². The van der Waals surface area contributed by atoms with E-state index < -0.39 is 0 Å². The molecule has 0 saturated carbocycles. The number of aromatic nitrogens is 2. The Balaban J connectivity index is 2.00. The van der Waals surface area contributed by atoms with Crippen LogP contribution in [0.1, 0.15) is 38.3 Å². The van der Waals surface area contributed by atoms with Gasteiger partial charge in [-0.3, -0.25) is 13.9 Å². The van der Waals surface area contributed by atoms with Crippen LogP contribution in [0.4, 0.5) is 4.79 Å². The minimum absolute atomic E-state index is 0.205. The minimum atomic E-state index is -0.335. The number of rotatable bonds is 3. The Morgan fingerprint density at radius 3 is 2.50 bits per heavy atom. The summed E-state index contributed by atoms with van der Waals surface area (Å²) in [5.74, 6) is 0. The second-order valence-electron chi connectivity index (χ2n) is 6.64. The van der Waals surface area contributed by atoms with Crippen LogP contribution in [0, 0.1) is 6.92 Å². The number of piperidine rings is 1. The lowest BCUT2D eigenvalue weighted by molar-refractivity contribution is 0.0919. The first-order valence-corrected chi connectivity index (χ1v) is 9.15. The van der Waals surface area contributed by atoms with Crippen molar-refractivity contribution in [2.75, 3.05) is 19.7 Å². The largest absolute Gasteiger partial charge is 0.450 e. The van der Waals surface area contributed by atoms with Crippen LogP contribution in [0.3, 0.4) is 0 Å². The third-order valence-electron chi connectivity index (χ3n) is 5.00. The first kappa shape index (κ1) is 18.2. The fourth-order valence-electron chi connectivity index (χ4n) is 3.66. The molecule has 3 rings (SSSR count). The zero-order valence-electron chi connectivity index (χ0n) is 15.5. The lowest BCUT2D eigenvalue weighted by Gasteiger charge is -2.32. The van der Waals surface area contributed by atoms with Crippen LogP contribution in [-0.2, 0) is 11.3 Å². The van der Waals surface area contributed by atoms with Gasteiger partial charge in [0.1, 0.15) is 0 Å². The number of aryl methyl sites for hydroxylation is 2. The standard InChI is InChI=1S/C19H25N3O4/c1-4-21-16-7-6-13(3)12-15(16)17(23)22(18(21)24)14-8-10-20(11-9-14)19(25)26-5-2/h6-7,12,14H,4-5,8-11H2,1-3H3. The number of benzene rings is 1. The molecule has 7 heteroatoms. The maximum atomic E-state index is 13.0. The average molecular weight is 359 g/mol. The summed E-state index contributed by atoms with van der Waals surface area (Å²) < 4.78 is 8.06. The molecule has 1 aromatic carbocycles. The molecule has 140 valence electrons. The van der Waals surface area contributed by atoms with Gasteiger partial charge in [-0.25, -0.2) is 9.59 Å². The Hall–Kier alpha value is -2.57. The number of carbonyl (C=O) groups excluding carboxylic acids is 1. The predicted molar refractivity (Wildman–Crippen MR) is 99.7 cm³/mol. The highest BCUT2D eigenvalue weighted by Gasteiger charge is 2.27. The molecule has 26 heavy (non-hydrogen) atoms. The monoisotopic (exact) mass is 359 g/mol. The molecular weight excluding hydrogens is 334 g/mol. The van der Waals surface area contributed by atoms with E-state index in [-0.39, 0.29) is 23.4 Å². The first-order chi connectivity index (χ1) is 12.5. The molecule has 0 bridgehead atoms. The highest BCUT2D eigenvalue weighted by Crippen LogP contribution is 2.21. The molecule has 1 saturated heterocycles. The highest BCUT2D eigenvalue weighted by atomic mass is 16.6. The van der Waals surface area contributed by atoms with Gasteiger partial charge in [-0.1, -0.05) is 11.6 Å². The summed E-state index contributed by atoms with van der Waals surface area (Å²) in [5, 5.41) is 0.569. The molecular formula is C19H25N3O4. The van der Waals surface area contributed by atoms with Gasteiger partial charge in [0.05, 0.1) is 17.5 Å². The summed E-state index contributed by atoms with van der Waals surface area (Å²) in [4.78, 5) is 39.5. The van der Waals surface area contributed by atoms with Crippen molar-refractivity contribution in [1.29, 1.82) is 0 Å². The van der Waals surface area contributed by atoms with Gasteiger partial charge in [0.15, 0.2) is 0 Å². The molecule has 7 nitrogen and oxygen atoms in total. The Bertz CT molecular complexity index is 936. The Labute approximate surface area is 151 Å². The maximum absolute atomic E-state index is 13.0. The molecule has 1 aliphatic heterocycles. The van der Waals surface area contributed by atoms with Gasteiger partial charge in [0.25, 0.3) is 5.56 Å². The average Bonchev–Trinajstić information content (AvgIpc) is 2.63. The second kappa shape index (κ2) is 7.35. The van der Waals surface area contributed by atoms with Crippen LogP contribution < -0.4 is 11.2 Å². The number of likely N-dealkylation sites (tertiary alicyclic amines) is 1. The van der Waals surface area contributed by atoms with Crippen molar-refractivity contribution in [1.82, 2.24) is 14.0 Å². The van der Waals surface area contributed by atoms with Crippen LogP contribution in [0.15, 0.2) is 27.8 Å². The van der Waals surface area contributed by atoms with Crippen LogP contribution in [-0.4, -0.2) is 39.8 Å². The lowest BCUT2D eigenvalue weighted by atomic mass is 10.0. The molecule has 2 heterocycles. The summed E-state index contributed by atoms with van der Waals surface area (Å²) in [6.07, 6.45) is 0.794. The number of fused-ring (bicyclic) bond motifs is 1. The third kappa shape index (κ3) is 3.13. The Morgan fingerprint density at radius 1 is 1.19 bits per heavy atom. The topological polar surface area (TPSA) is 73.5 Å². The van der Waals surface area contributed by atoms with Crippen LogP contribution in [0.2, 0.25) is 0 Å². The van der Waals surface area contributed by atoms with Gasteiger partial charge in [0.2, 0.25) is 0 Å². The zero-order chi connectivity index (χ0) is 18.8. The van der Waals surface area contributed by atoms with Crippen molar-refractivity contribution in [3.05, 3.63) is 44.6 Å². The molecule has 0 N–H and O–H groups in total. The van der Waals surface area contributed by atoms with Crippen LogP contribution >= 0.6 is 0 Å². The van der Waals surface area contributed by atoms with E-state index in [2.05, 4.69) is 0 Å². The Morgan fingerprint density at radius 2 is 1.88 bits per heavy atom. The normalized spacial score (nSPS) is 15.4. The van der Waals surface area contributed by atoms with Crippen molar-refractivity contribution in [2.45, 2.75) is 46.2 Å². The van der Waals surface area contributed by atoms with Crippen LogP contribution in [0.5, 0.6) is 0 Å². The van der Waals surface area contributed by atoms with Crippen molar-refractivity contribution in [3.8, 4) is 0 Å². The molecule has 1 amide bonds. The van der Waals surface area contributed by atoms with E-state index in [1.165, 1.54) is 4.57 Å². The number of ether oxygens (including phenoxy) is 1. The van der Waals surface area contributed by atoms with Crippen molar-refractivity contribution < 1.29 is 9.53 Å². The molecule has 1 fully saturated rings. The summed E-state index contributed by atoms with van der Waals surface area (Å²) in [6, 6.07) is 5.39. The molecule has 0 radical (unpaired) electrons. The highest BCUT2D eigenvalue weighted by molar-refractivity contribution is 5.78. The number of nitrogens with zero attached hydrogens (tertiary/aromatic N) is 3. The van der Waals surface area contributed by atoms with Gasteiger partial charge in [-0.15, -0.1) is 0 Å². The SMILES string of the molecule is CCOC(=O)N1CCC(n2c(=O)c3cc(C)ccc3n(CC)c2=O)CC1. The number of amides is 1. The summed E-state index contributed by atoms with van der Waals surface area (Å²) in [6.45, 7) is 7.40. The smallest absolute Gasteiger partial charge is 0.409 e. The van der Waals surface area contributed by atoms with Gasteiger partial charge in [-0.05, 0) is 45.7 Å². The van der Waals surface area contributed by atoms with Gasteiger partial charge >= 0.3 is 11.8 Å². The third-order valence-corrected chi connectivity index (χ3v) is 5.00. The summed E-state index contributed by atoms with van der Waals surface area (Å²) in [7, 11) is 0. The first-order valence-electron chi connectivity index (χ1n) is 9.15. The van der Waals surface area contributed by atoms with Gasteiger partial charge < -0.3 is 9.64 Å². The number of carbonyl (C=O) groups is 1. The zero-order valence-corrected chi connectivity index (χ0v) is 15.5. The maximum Gasteiger partial charge on any atom is 0.409 e. The second-order valence-corrected chi connectivity index (χ2v) is 6.64. The van der Waals surface area contributed by atoms with E-state index in [9.17, 15) is 14.4 Å². The van der Waals surface area contributed by atoms with Gasteiger partial charge in [0, 0.05) is 25.7 Å².